The molecule has 0 aliphatic heterocycles. The quantitative estimate of drug-likeness (QED) is 0.801. The van der Waals surface area contributed by atoms with E-state index in [0.717, 1.165) is 0 Å². The first-order valence-corrected chi connectivity index (χ1v) is 6.67. The third kappa shape index (κ3) is 2.24. The second-order valence-corrected chi connectivity index (χ2v) is 5.20. The van der Waals surface area contributed by atoms with Crippen LogP contribution in [0.25, 0.3) is 0 Å². The Kier molecular flexibility index (Phi) is 3.35. The smallest absolute Gasteiger partial charge is 0.134 e. The predicted molar refractivity (Wildman–Crippen MR) is 72.5 cm³/mol. The van der Waals surface area contributed by atoms with E-state index in [1.54, 1.807) is 36.4 Å². The molecular weight excluding hydrogens is 258 g/mol. The van der Waals surface area contributed by atoms with Crippen molar-refractivity contribution in [3.8, 4) is 0 Å². The lowest BCUT2D eigenvalue weighted by Gasteiger charge is -2.20. The molecule has 3 heteroatoms. The average Bonchev–Trinajstić information content (AvgIpc) is 2.81. The van der Waals surface area contributed by atoms with Crippen molar-refractivity contribution < 1.29 is 13.6 Å². The number of hydrogen-bond acceptors (Lipinski definition) is 1. The summed E-state index contributed by atoms with van der Waals surface area (Å²) in [4.78, 5) is 11.8. The van der Waals surface area contributed by atoms with Crippen LogP contribution in [0, 0.1) is 11.6 Å². The van der Waals surface area contributed by atoms with E-state index in [4.69, 9.17) is 0 Å². The number of benzene rings is 2. The maximum Gasteiger partial charge on any atom is 0.134 e. The maximum atomic E-state index is 14.0. The SMILES string of the molecule is O=C1C[C@@H](c2ccccc2F)[C@H](c2ccccc2F)C1. The summed E-state index contributed by atoms with van der Waals surface area (Å²) in [5.41, 5.74) is 1.01. The van der Waals surface area contributed by atoms with Crippen molar-refractivity contribution in [1.82, 2.24) is 0 Å². The molecule has 1 aliphatic rings. The largest absolute Gasteiger partial charge is 0.300 e. The van der Waals surface area contributed by atoms with Gasteiger partial charge in [0.2, 0.25) is 0 Å². The minimum Gasteiger partial charge on any atom is -0.300 e. The Morgan fingerprint density at radius 1 is 0.750 bits per heavy atom. The average molecular weight is 272 g/mol. The van der Waals surface area contributed by atoms with Crippen LogP contribution in [0.5, 0.6) is 0 Å². The fraction of sp³-hybridized carbons (Fsp3) is 0.235. The second kappa shape index (κ2) is 5.16. The number of hydrogen-bond donors (Lipinski definition) is 0. The van der Waals surface area contributed by atoms with Crippen molar-refractivity contribution in [2.75, 3.05) is 0 Å². The number of carbonyl (C=O) groups is 1. The lowest BCUT2D eigenvalue weighted by atomic mass is 9.83. The van der Waals surface area contributed by atoms with E-state index in [1.165, 1.54) is 12.1 Å². The molecule has 0 saturated heterocycles. The van der Waals surface area contributed by atoms with Crippen molar-refractivity contribution in [3.63, 3.8) is 0 Å². The summed E-state index contributed by atoms with van der Waals surface area (Å²) in [5.74, 6) is -1.14. The van der Waals surface area contributed by atoms with Gasteiger partial charge in [0, 0.05) is 24.7 Å². The Labute approximate surface area is 116 Å². The van der Waals surface area contributed by atoms with Crippen molar-refractivity contribution >= 4 is 5.78 Å². The molecule has 2 aromatic carbocycles. The summed E-state index contributed by atoms with van der Waals surface area (Å²) >= 11 is 0. The molecular formula is C17H14F2O. The molecule has 0 amide bonds. The fourth-order valence-corrected chi connectivity index (χ4v) is 3.06. The zero-order chi connectivity index (χ0) is 14.1. The van der Waals surface area contributed by atoms with E-state index in [0.29, 0.717) is 11.1 Å². The van der Waals surface area contributed by atoms with Gasteiger partial charge in [0.05, 0.1) is 0 Å². The van der Waals surface area contributed by atoms with Crippen LogP contribution in [0.15, 0.2) is 48.5 Å². The molecule has 1 aliphatic carbocycles. The van der Waals surface area contributed by atoms with Gasteiger partial charge in [-0.05, 0) is 23.3 Å². The number of halogens is 2. The summed E-state index contributed by atoms with van der Waals surface area (Å²) in [7, 11) is 0. The first kappa shape index (κ1) is 13.0. The van der Waals surface area contributed by atoms with Gasteiger partial charge in [-0.2, -0.15) is 0 Å². The van der Waals surface area contributed by atoms with Gasteiger partial charge in [-0.3, -0.25) is 4.79 Å². The lowest BCUT2D eigenvalue weighted by molar-refractivity contribution is -0.117. The second-order valence-electron chi connectivity index (χ2n) is 5.20. The highest BCUT2D eigenvalue weighted by atomic mass is 19.1. The fourth-order valence-electron chi connectivity index (χ4n) is 3.06. The maximum absolute atomic E-state index is 14.0. The van der Waals surface area contributed by atoms with E-state index < -0.39 is 0 Å². The molecule has 2 aromatic rings. The molecule has 3 rings (SSSR count). The van der Waals surface area contributed by atoms with Crippen LogP contribution in [-0.4, -0.2) is 5.78 Å². The van der Waals surface area contributed by atoms with Crippen LogP contribution in [-0.2, 0) is 4.79 Å². The van der Waals surface area contributed by atoms with Crippen LogP contribution in [0.2, 0.25) is 0 Å². The third-order valence-corrected chi connectivity index (χ3v) is 3.99. The molecule has 1 saturated carbocycles. The first-order valence-electron chi connectivity index (χ1n) is 6.67. The first-order chi connectivity index (χ1) is 9.66. The van der Waals surface area contributed by atoms with Crippen LogP contribution < -0.4 is 0 Å². The minimum absolute atomic E-state index is 0.0616. The highest BCUT2D eigenvalue weighted by molar-refractivity contribution is 5.83. The number of ketones is 1. The van der Waals surface area contributed by atoms with Gasteiger partial charge < -0.3 is 0 Å². The van der Waals surface area contributed by atoms with E-state index in [2.05, 4.69) is 0 Å². The molecule has 0 unspecified atom stereocenters. The van der Waals surface area contributed by atoms with Crippen molar-refractivity contribution in [2.24, 2.45) is 0 Å². The zero-order valence-corrected chi connectivity index (χ0v) is 10.9. The highest BCUT2D eigenvalue weighted by Gasteiger charge is 2.37. The Balaban J connectivity index is 2.04. The van der Waals surface area contributed by atoms with Crippen molar-refractivity contribution in [2.45, 2.75) is 24.7 Å². The van der Waals surface area contributed by atoms with E-state index in [-0.39, 0.29) is 42.1 Å². The number of carbonyl (C=O) groups excluding carboxylic acids is 1. The van der Waals surface area contributed by atoms with E-state index in [9.17, 15) is 13.6 Å². The molecule has 0 radical (unpaired) electrons. The third-order valence-electron chi connectivity index (χ3n) is 3.99. The summed E-state index contributed by atoms with van der Waals surface area (Å²) in [5, 5.41) is 0. The monoisotopic (exact) mass is 272 g/mol. The Morgan fingerprint density at radius 3 is 1.55 bits per heavy atom. The Bertz CT molecular complexity index is 595. The summed E-state index contributed by atoms with van der Waals surface area (Å²) in [6.07, 6.45) is 0.555. The topological polar surface area (TPSA) is 17.1 Å². The van der Waals surface area contributed by atoms with E-state index >= 15 is 0 Å². The van der Waals surface area contributed by atoms with Crippen LogP contribution in [0.4, 0.5) is 8.78 Å². The molecule has 0 aromatic heterocycles. The highest BCUT2D eigenvalue weighted by Crippen LogP contribution is 2.45. The number of rotatable bonds is 2. The molecule has 102 valence electrons. The van der Waals surface area contributed by atoms with Gasteiger partial charge in [0.25, 0.3) is 0 Å². The molecule has 20 heavy (non-hydrogen) atoms. The zero-order valence-electron chi connectivity index (χ0n) is 10.9. The van der Waals surface area contributed by atoms with Gasteiger partial charge >= 0.3 is 0 Å². The van der Waals surface area contributed by atoms with E-state index in [1.807, 2.05) is 0 Å². The normalized spacial score (nSPS) is 22.2. The minimum atomic E-state index is -0.325. The Hall–Kier alpha value is -2.03. The predicted octanol–water partition coefficient (Wildman–Crippen LogP) is 4.20. The van der Waals surface area contributed by atoms with Crippen molar-refractivity contribution in [3.05, 3.63) is 71.3 Å². The summed E-state index contributed by atoms with van der Waals surface area (Å²) in [6.45, 7) is 0. The summed E-state index contributed by atoms with van der Waals surface area (Å²) in [6, 6.07) is 12.9. The van der Waals surface area contributed by atoms with Crippen LogP contribution >= 0.6 is 0 Å². The molecule has 1 fully saturated rings. The molecule has 1 nitrogen and oxygen atoms in total. The molecule has 0 spiro atoms. The summed E-state index contributed by atoms with van der Waals surface area (Å²) < 4.78 is 27.9. The van der Waals surface area contributed by atoms with Gasteiger partial charge in [-0.25, -0.2) is 8.78 Å². The van der Waals surface area contributed by atoms with Crippen LogP contribution in [0.1, 0.15) is 35.8 Å². The molecule has 0 heterocycles. The molecule has 2 atom stereocenters. The number of Topliss-reactive ketones (excluding diaryl/α,β-unsaturated/α-hetero) is 1. The standard InChI is InChI=1S/C17H14F2O/c18-16-7-3-1-5-12(16)14-9-11(20)10-15(14)13-6-2-4-8-17(13)19/h1-8,14-15H,9-10H2/t14-,15-/m0/s1. The van der Waals surface area contributed by atoms with Gasteiger partial charge in [-0.1, -0.05) is 36.4 Å². The lowest BCUT2D eigenvalue weighted by Crippen LogP contribution is -2.08. The van der Waals surface area contributed by atoms with Gasteiger partial charge in [0.15, 0.2) is 0 Å². The Morgan fingerprint density at radius 2 is 1.15 bits per heavy atom. The molecule has 0 N–H and O–H groups in total. The van der Waals surface area contributed by atoms with Crippen molar-refractivity contribution in [1.29, 1.82) is 0 Å². The van der Waals surface area contributed by atoms with Gasteiger partial charge in [-0.15, -0.1) is 0 Å². The van der Waals surface area contributed by atoms with Gasteiger partial charge in [0.1, 0.15) is 17.4 Å². The van der Waals surface area contributed by atoms with Crippen LogP contribution in [0.3, 0.4) is 0 Å². The molecule has 0 bridgehead atoms.